The van der Waals surface area contributed by atoms with Crippen LogP contribution in [0.15, 0.2) is 0 Å². The molecular formula is C4H8O2. The molecule has 0 spiro atoms. The van der Waals surface area contributed by atoms with E-state index in [1.54, 1.807) is 0 Å². The molecule has 0 aromatic rings. The Balaban J connectivity index is 0.000000112. The van der Waals surface area contributed by atoms with Gasteiger partial charge in [-0.3, -0.25) is 0 Å². The summed E-state index contributed by atoms with van der Waals surface area (Å²) in [5.41, 5.74) is 0. The second-order valence-electron chi connectivity index (χ2n) is 1.14. The van der Waals surface area contributed by atoms with Crippen LogP contribution in [0, 0.1) is 0 Å². The van der Waals surface area contributed by atoms with Gasteiger partial charge in [0, 0.05) is 0 Å². The molecule has 1 unspecified atom stereocenters. The van der Waals surface area contributed by atoms with Gasteiger partial charge in [0.25, 0.3) is 0 Å². The maximum atomic E-state index is 8.00. The smallest absolute Gasteiger partial charge is 0.106 e. The van der Waals surface area contributed by atoms with E-state index in [1.807, 2.05) is 6.79 Å². The van der Waals surface area contributed by atoms with Crippen LogP contribution in [0.2, 0.25) is 0 Å². The molecule has 1 saturated heterocycles. The third-order valence-corrected chi connectivity index (χ3v) is 0.500. The van der Waals surface area contributed by atoms with E-state index in [1.165, 1.54) is 0 Å². The number of carbonyl (C=O) groups excluding carboxylic acids is 1. The Kier molecular flexibility index (Phi) is 2.67. The molecule has 1 aliphatic rings. The minimum atomic E-state index is 0.583. The first-order chi connectivity index (χ1) is 2.89. The fourth-order valence-corrected chi connectivity index (χ4v) is 0.0962. The van der Waals surface area contributed by atoms with Gasteiger partial charge in [0.15, 0.2) is 0 Å². The minimum Gasteiger partial charge on any atom is -0.373 e. The summed E-state index contributed by atoms with van der Waals surface area (Å²) in [5.74, 6) is 0. The van der Waals surface area contributed by atoms with Gasteiger partial charge in [-0.2, -0.15) is 0 Å². The van der Waals surface area contributed by atoms with Gasteiger partial charge >= 0.3 is 0 Å². The minimum absolute atomic E-state index is 0.583. The average Bonchev–Trinajstić information content (AvgIpc) is 2.30. The lowest BCUT2D eigenvalue weighted by molar-refractivity contribution is -0.0979. The number of carbonyl (C=O) groups is 1. The average molecular weight is 88.1 g/mol. The predicted molar refractivity (Wildman–Crippen MR) is 22.5 cm³/mol. The fraction of sp³-hybridized carbons (Fsp3) is 0.750. The molecule has 1 fully saturated rings. The van der Waals surface area contributed by atoms with Crippen molar-refractivity contribution in [1.82, 2.24) is 0 Å². The normalized spacial score (nSPS) is 27.2. The Morgan fingerprint density at radius 3 is 2.00 bits per heavy atom. The van der Waals surface area contributed by atoms with Crippen LogP contribution in [0.4, 0.5) is 0 Å². The van der Waals surface area contributed by atoms with E-state index in [0.29, 0.717) is 6.10 Å². The third-order valence-electron chi connectivity index (χ3n) is 0.500. The van der Waals surface area contributed by atoms with Gasteiger partial charge in [0.2, 0.25) is 0 Å². The first-order valence-electron chi connectivity index (χ1n) is 1.80. The summed E-state index contributed by atoms with van der Waals surface area (Å²) in [6.45, 7) is 5.04. The van der Waals surface area contributed by atoms with Crippen LogP contribution in [-0.4, -0.2) is 19.5 Å². The largest absolute Gasteiger partial charge is 0.373 e. The summed E-state index contributed by atoms with van der Waals surface area (Å²) in [7, 11) is 0. The molecule has 1 atom stereocenters. The van der Waals surface area contributed by atoms with Crippen molar-refractivity contribution in [3.05, 3.63) is 0 Å². The SMILES string of the molecule is C=O.CC1CO1. The van der Waals surface area contributed by atoms with Crippen LogP contribution < -0.4 is 0 Å². The van der Waals surface area contributed by atoms with Crippen molar-refractivity contribution in [2.75, 3.05) is 6.61 Å². The molecule has 0 radical (unpaired) electrons. The van der Waals surface area contributed by atoms with Crippen LogP contribution in [0.1, 0.15) is 6.92 Å². The zero-order valence-electron chi connectivity index (χ0n) is 3.81. The van der Waals surface area contributed by atoms with Crippen molar-refractivity contribution in [2.24, 2.45) is 0 Å². The van der Waals surface area contributed by atoms with Gasteiger partial charge < -0.3 is 9.53 Å². The molecule has 1 rings (SSSR count). The van der Waals surface area contributed by atoms with Gasteiger partial charge in [-0.15, -0.1) is 0 Å². The second kappa shape index (κ2) is 2.85. The summed E-state index contributed by atoms with van der Waals surface area (Å²) in [6, 6.07) is 0. The number of hydrogen-bond donors (Lipinski definition) is 0. The Labute approximate surface area is 37.1 Å². The van der Waals surface area contributed by atoms with E-state index in [9.17, 15) is 0 Å². The molecule has 2 heteroatoms. The van der Waals surface area contributed by atoms with Crippen LogP contribution in [-0.2, 0) is 9.53 Å². The Hall–Kier alpha value is -0.370. The molecule has 0 bridgehead atoms. The predicted octanol–water partition coefficient (Wildman–Crippen LogP) is 0.220. The standard InChI is InChI=1S/C3H6O.CH2O/c1-3-2-4-3;1-2/h3H,2H2,1H3;1H2. The monoisotopic (exact) mass is 88.1 g/mol. The molecular weight excluding hydrogens is 80.0 g/mol. The fourth-order valence-electron chi connectivity index (χ4n) is 0.0962. The highest BCUT2D eigenvalue weighted by molar-refractivity contribution is 5.10. The third kappa shape index (κ3) is 3.63. The van der Waals surface area contributed by atoms with Gasteiger partial charge in [-0.05, 0) is 6.92 Å². The van der Waals surface area contributed by atoms with Crippen LogP contribution in [0.3, 0.4) is 0 Å². The first kappa shape index (κ1) is 5.63. The number of epoxide rings is 1. The Bertz CT molecular complexity index is 32.5. The van der Waals surface area contributed by atoms with Crippen molar-refractivity contribution >= 4 is 6.79 Å². The number of hydrogen-bond acceptors (Lipinski definition) is 2. The molecule has 0 aromatic heterocycles. The van der Waals surface area contributed by atoms with Crippen molar-refractivity contribution in [1.29, 1.82) is 0 Å². The molecule has 2 nitrogen and oxygen atoms in total. The first-order valence-corrected chi connectivity index (χ1v) is 1.80. The molecule has 0 aliphatic carbocycles. The van der Waals surface area contributed by atoms with Crippen LogP contribution in [0.5, 0.6) is 0 Å². The van der Waals surface area contributed by atoms with E-state index in [4.69, 9.17) is 9.53 Å². The second-order valence-corrected chi connectivity index (χ2v) is 1.14. The molecule has 1 heterocycles. The van der Waals surface area contributed by atoms with Gasteiger partial charge in [-0.1, -0.05) is 0 Å². The van der Waals surface area contributed by atoms with E-state index in [-0.39, 0.29) is 0 Å². The van der Waals surface area contributed by atoms with E-state index in [2.05, 4.69) is 6.92 Å². The van der Waals surface area contributed by atoms with Crippen molar-refractivity contribution < 1.29 is 9.53 Å². The van der Waals surface area contributed by atoms with Crippen molar-refractivity contribution in [3.63, 3.8) is 0 Å². The summed E-state index contributed by atoms with van der Waals surface area (Å²) >= 11 is 0. The molecule has 6 heavy (non-hydrogen) atoms. The highest BCUT2D eigenvalue weighted by atomic mass is 16.6. The number of rotatable bonds is 0. The highest BCUT2D eigenvalue weighted by Gasteiger charge is 2.13. The molecule has 0 saturated carbocycles. The Morgan fingerprint density at radius 1 is 1.83 bits per heavy atom. The summed E-state index contributed by atoms with van der Waals surface area (Å²) < 4.78 is 4.71. The molecule has 0 amide bonds. The number of ether oxygens (including phenoxy) is 1. The van der Waals surface area contributed by atoms with Crippen molar-refractivity contribution in [2.45, 2.75) is 13.0 Å². The Morgan fingerprint density at radius 2 is 2.00 bits per heavy atom. The lowest BCUT2D eigenvalue weighted by Gasteiger charge is -1.50. The van der Waals surface area contributed by atoms with Crippen LogP contribution >= 0.6 is 0 Å². The maximum absolute atomic E-state index is 8.00. The van der Waals surface area contributed by atoms with E-state index in [0.717, 1.165) is 6.61 Å². The topological polar surface area (TPSA) is 29.6 Å². The van der Waals surface area contributed by atoms with E-state index >= 15 is 0 Å². The summed E-state index contributed by atoms with van der Waals surface area (Å²) in [5, 5.41) is 0. The van der Waals surface area contributed by atoms with Gasteiger partial charge in [0.1, 0.15) is 6.79 Å². The molecule has 0 N–H and O–H groups in total. The van der Waals surface area contributed by atoms with Gasteiger partial charge in [0.05, 0.1) is 12.7 Å². The van der Waals surface area contributed by atoms with E-state index < -0.39 is 0 Å². The maximum Gasteiger partial charge on any atom is 0.106 e. The quantitative estimate of drug-likeness (QED) is 0.396. The molecule has 0 aromatic carbocycles. The summed E-state index contributed by atoms with van der Waals surface area (Å²) in [6.07, 6.45) is 0.583. The highest BCUT2D eigenvalue weighted by Crippen LogP contribution is 2.04. The van der Waals surface area contributed by atoms with Gasteiger partial charge in [-0.25, -0.2) is 0 Å². The molecule has 36 valence electrons. The van der Waals surface area contributed by atoms with Crippen molar-refractivity contribution in [3.8, 4) is 0 Å². The lowest BCUT2D eigenvalue weighted by atomic mass is 10.6. The lowest BCUT2D eigenvalue weighted by Crippen LogP contribution is -1.60. The van der Waals surface area contributed by atoms with Crippen LogP contribution in [0.25, 0.3) is 0 Å². The summed E-state index contributed by atoms with van der Waals surface area (Å²) in [4.78, 5) is 8.00. The molecule has 1 aliphatic heterocycles. The zero-order valence-corrected chi connectivity index (χ0v) is 3.81. The zero-order chi connectivity index (χ0) is 4.99.